The number of pyridine rings is 1. The highest BCUT2D eigenvalue weighted by Gasteiger charge is 2.53. The van der Waals surface area contributed by atoms with E-state index in [0.29, 0.717) is 5.47 Å². The van der Waals surface area contributed by atoms with Gasteiger partial charge in [-0.05, 0) is 66.4 Å². The van der Waals surface area contributed by atoms with Gasteiger partial charge < -0.3 is 23.7 Å². The van der Waals surface area contributed by atoms with E-state index in [0.717, 1.165) is 11.0 Å². The van der Waals surface area contributed by atoms with Crippen molar-refractivity contribution in [2.75, 3.05) is 6.61 Å². The van der Waals surface area contributed by atoms with E-state index in [-0.39, 0.29) is 6.61 Å². The van der Waals surface area contributed by atoms with Crippen molar-refractivity contribution in [1.82, 2.24) is 4.98 Å². The molecule has 2 aliphatic rings. The molecule has 0 aliphatic carbocycles. The van der Waals surface area contributed by atoms with Crippen LogP contribution in [-0.2, 0) is 18.6 Å². The SMILES string of the molecule is CC1(C)OB(C(=Cc2cncc(B3OC(C)(C)C(C)(C)O3)c2)CO)OC1(C)C. The van der Waals surface area contributed by atoms with Crippen LogP contribution in [0.5, 0.6) is 0 Å². The van der Waals surface area contributed by atoms with Crippen LogP contribution in [-0.4, -0.2) is 53.3 Å². The predicted octanol–water partition coefficient (Wildman–Crippen LogP) is 2.39. The molecule has 0 atom stereocenters. The van der Waals surface area contributed by atoms with Crippen molar-refractivity contribution in [3.8, 4) is 0 Å². The first-order valence-corrected chi connectivity index (χ1v) is 9.75. The summed E-state index contributed by atoms with van der Waals surface area (Å²) in [5.74, 6) is 0. The Morgan fingerprint density at radius 2 is 1.39 bits per heavy atom. The lowest BCUT2D eigenvalue weighted by Crippen LogP contribution is -2.41. The third-order valence-electron chi connectivity index (χ3n) is 6.40. The van der Waals surface area contributed by atoms with Gasteiger partial charge in [-0.25, -0.2) is 0 Å². The smallest absolute Gasteiger partial charge is 0.400 e. The average molecular weight is 387 g/mol. The fourth-order valence-corrected chi connectivity index (χ4v) is 3.06. The van der Waals surface area contributed by atoms with Crippen LogP contribution in [0.15, 0.2) is 23.9 Å². The number of hydrogen-bond acceptors (Lipinski definition) is 6. The number of aliphatic hydroxyl groups excluding tert-OH is 1. The minimum Gasteiger partial charge on any atom is -0.400 e. The first-order valence-electron chi connectivity index (χ1n) is 9.75. The molecule has 0 radical (unpaired) electrons. The summed E-state index contributed by atoms with van der Waals surface area (Å²) in [6, 6.07) is 1.95. The molecule has 0 bridgehead atoms. The largest absolute Gasteiger partial charge is 0.496 e. The van der Waals surface area contributed by atoms with Crippen molar-refractivity contribution in [1.29, 1.82) is 0 Å². The molecule has 0 spiro atoms. The van der Waals surface area contributed by atoms with Crippen LogP contribution in [0.4, 0.5) is 0 Å². The van der Waals surface area contributed by atoms with Gasteiger partial charge in [0.25, 0.3) is 0 Å². The van der Waals surface area contributed by atoms with Gasteiger partial charge >= 0.3 is 14.2 Å². The molecule has 0 unspecified atom stereocenters. The zero-order valence-electron chi connectivity index (χ0n) is 18.2. The molecule has 1 aromatic heterocycles. The Morgan fingerprint density at radius 3 is 1.89 bits per heavy atom. The monoisotopic (exact) mass is 387 g/mol. The van der Waals surface area contributed by atoms with Gasteiger partial charge in [0.1, 0.15) is 0 Å². The fraction of sp³-hybridized carbons (Fsp3) is 0.650. The Kier molecular flexibility index (Phi) is 5.35. The predicted molar refractivity (Wildman–Crippen MR) is 111 cm³/mol. The van der Waals surface area contributed by atoms with Crippen molar-refractivity contribution in [3.63, 3.8) is 0 Å². The molecule has 0 aromatic carbocycles. The number of rotatable bonds is 4. The maximum atomic E-state index is 9.91. The summed E-state index contributed by atoms with van der Waals surface area (Å²) in [6.45, 7) is 15.9. The lowest BCUT2D eigenvalue weighted by molar-refractivity contribution is 0.00578. The van der Waals surface area contributed by atoms with E-state index in [1.54, 1.807) is 12.4 Å². The Bertz CT molecular complexity index is 744. The quantitative estimate of drug-likeness (QED) is 0.801. The zero-order chi connectivity index (χ0) is 21.0. The summed E-state index contributed by atoms with van der Waals surface area (Å²) < 4.78 is 24.3. The van der Waals surface area contributed by atoms with Crippen LogP contribution in [0.3, 0.4) is 0 Å². The van der Waals surface area contributed by atoms with Gasteiger partial charge in [-0.1, -0.05) is 12.1 Å². The van der Waals surface area contributed by atoms with Gasteiger partial charge in [0, 0.05) is 17.9 Å². The second-order valence-corrected chi connectivity index (χ2v) is 9.61. The minimum atomic E-state index is -0.601. The Hall–Kier alpha value is -1.18. The topological polar surface area (TPSA) is 70.0 Å². The standard InChI is InChI=1S/C20H31B2NO5/c1-17(2)18(3,4)26-21(25-17)15-9-14(11-23-12-15)10-16(13-24)22-27-19(5,6)20(7,8)28-22/h9-12,24H,13H2,1-8H3. The number of aliphatic hydroxyl groups is 1. The highest BCUT2D eigenvalue weighted by atomic mass is 16.7. The summed E-state index contributed by atoms with van der Waals surface area (Å²) in [5.41, 5.74) is 0.546. The normalized spacial score (nSPS) is 25.4. The molecule has 6 nitrogen and oxygen atoms in total. The molecule has 28 heavy (non-hydrogen) atoms. The van der Waals surface area contributed by atoms with Crippen LogP contribution < -0.4 is 5.46 Å². The summed E-state index contributed by atoms with van der Waals surface area (Å²) >= 11 is 0. The van der Waals surface area contributed by atoms with E-state index in [4.69, 9.17) is 18.6 Å². The zero-order valence-corrected chi connectivity index (χ0v) is 18.2. The van der Waals surface area contributed by atoms with Gasteiger partial charge in [-0.2, -0.15) is 0 Å². The molecule has 2 aliphatic heterocycles. The van der Waals surface area contributed by atoms with Crippen molar-refractivity contribution in [3.05, 3.63) is 29.5 Å². The Morgan fingerprint density at radius 1 is 0.893 bits per heavy atom. The maximum absolute atomic E-state index is 9.91. The summed E-state index contributed by atoms with van der Waals surface area (Å²) in [4.78, 5) is 4.33. The number of nitrogens with zero attached hydrogens (tertiary/aromatic N) is 1. The number of hydrogen-bond donors (Lipinski definition) is 1. The molecule has 3 rings (SSSR count). The lowest BCUT2D eigenvalue weighted by atomic mass is 9.76. The van der Waals surface area contributed by atoms with Crippen LogP contribution in [0.1, 0.15) is 61.0 Å². The van der Waals surface area contributed by atoms with Crippen molar-refractivity contribution in [2.45, 2.75) is 77.8 Å². The highest BCUT2D eigenvalue weighted by molar-refractivity contribution is 6.62. The molecule has 8 heteroatoms. The molecular weight excluding hydrogens is 356 g/mol. The van der Waals surface area contributed by atoms with Crippen LogP contribution in [0.2, 0.25) is 0 Å². The van der Waals surface area contributed by atoms with E-state index in [9.17, 15) is 5.11 Å². The van der Waals surface area contributed by atoms with Gasteiger partial charge in [0.2, 0.25) is 0 Å². The molecule has 152 valence electrons. The van der Waals surface area contributed by atoms with E-state index in [2.05, 4.69) is 4.98 Å². The van der Waals surface area contributed by atoms with Gasteiger partial charge in [0.05, 0.1) is 29.0 Å². The van der Waals surface area contributed by atoms with Crippen LogP contribution in [0, 0.1) is 0 Å². The second-order valence-electron chi connectivity index (χ2n) is 9.61. The molecule has 2 saturated heterocycles. The average Bonchev–Trinajstić information content (AvgIpc) is 2.92. The molecule has 3 heterocycles. The molecule has 0 amide bonds. The van der Waals surface area contributed by atoms with Gasteiger partial charge in [-0.15, -0.1) is 0 Å². The minimum absolute atomic E-state index is 0.169. The van der Waals surface area contributed by atoms with Crippen molar-refractivity contribution >= 4 is 25.8 Å². The van der Waals surface area contributed by atoms with E-state index < -0.39 is 36.6 Å². The van der Waals surface area contributed by atoms with E-state index in [1.807, 2.05) is 67.5 Å². The molecule has 0 saturated carbocycles. The lowest BCUT2D eigenvalue weighted by Gasteiger charge is -2.32. The summed E-state index contributed by atoms with van der Waals surface area (Å²) in [7, 11) is -1.09. The Balaban J connectivity index is 1.84. The highest BCUT2D eigenvalue weighted by Crippen LogP contribution is 2.39. The van der Waals surface area contributed by atoms with Crippen molar-refractivity contribution in [2.24, 2.45) is 0 Å². The third kappa shape index (κ3) is 3.81. The molecule has 2 fully saturated rings. The van der Waals surface area contributed by atoms with Gasteiger partial charge in [0.15, 0.2) is 0 Å². The van der Waals surface area contributed by atoms with Gasteiger partial charge in [-0.3, -0.25) is 4.98 Å². The second kappa shape index (κ2) is 6.96. The third-order valence-corrected chi connectivity index (χ3v) is 6.40. The van der Waals surface area contributed by atoms with Crippen LogP contribution in [0.25, 0.3) is 6.08 Å². The Labute approximate surface area is 168 Å². The first-order chi connectivity index (χ1) is 12.8. The van der Waals surface area contributed by atoms with E-state index in [1.165, 1.54) is 0 Å². The molecular formula is C20H31B2NO5. The fourth-order valence-electron chi connectivity index (χ4n) is 3.06. The van der Waals surface area contributed by atoms with E-state index >= 15 is 0 Å². The van der Waals surface area contributed by atoms with Crippen molar-refractivity contribution < 1.29 is 23.7 Å². The molecule has 1 N–H and O–H groups in total. The first kappa shape index (κ1) is 21.5. The number of aromatic nitrogens is 1. The molecule has 1 aromatic rings. The summed E-state index contributed by atoms with van der Waals surface area (Å²) in [6.07, 6.45) is 5.33. The maximum Gasteiger partial charge on any atom is 0.496 e. The summed E-state index contributed by atoms with van der Waals surface area (Å²) in [5, 5.41) is 9.91. The van der Waals surface area contributed by atoms with Crippen LogP contribution >= 0.6 is 0 Å².